The van der Waals surface area contributed by atoms with E-state index < -0.39 is 0 Å². The summed E-state index contributed by atoms with van der Waals surface area (Å²) in [6, 6.07) is 0.169. The van der Waals surface area contributed by atoms with E-state index in [1.165, 1.54) is 0 Å². The first kappa shape index (κ1) is 11.3. The van der Waals surface area contributed by atoms with Gasteiger partial charge in [-0.1, -0.05) is 0 Å². The van der Waals surface area contributed by atoms with E-state index in [1.807, 2.05) is 18.9 Å². The quantitative estimate of drug-likeness (QED) is 0.621. The fraction of sp³-hybridized carbons (Fsp3) is 0.900. The van der Waals surface area contributed by atoms with Gasteiger partial charge in [0.05, 0.1) is 0 Å². The van der Waals surface area contributed by atoms with Gasteiger partial charge in [-0.3, -0.25) is 0 Å². The molecule has 0 saturated carbocycles. The Morgan fingerprint density at radius 1 is 1.29 bits per heavy atom. The molecule has 1 aliphatic rings. The molecule has 0 N–H and O–H groups in total. The van der Waals surface area contributed by atoms with Crippen molar-refractivity contribution in [2.24, 2.45) is 0 Å². The van der Waals surface area contributed by atoms with Gasteiger partial charge in [0.2, 0.25) is 0 Å². The van der Waals surface area contributed by atoms with Gasteiger partial charge < -0.3 is 14.7 Å². The molecule has 1 aliphatic heterocycles. The lowest BCUT2D eigenvalue weighted by Crippen LogP contribution is -2.42. The second-order valence-corrected chi connectivity index (χ2v) is 3.94. The van der Waals surface area contributed by atoms with Gasteiger partial charge in [-0.2, -0.15) is 0 Å². The summed E-state index contributed by atoms with van der Waals surface area (Å²) >= 11 is 0. The average molecular weight is 199 g/mol. The molecule has 0 aromatic carbocycles. The number of hydrogen-bond donors (Lipinski definition) is 0. The van der Waals surface area contributed by atoms with Crippen LogP contribution in [0.1, 0.15) is 13.3 Å². The molecule has 0 aliphatic carbocycles. The van der Waals surface area contributed by atoms with Gasteiger partial charge in [-0.05, 0) is 26.9 Å². The number of carbonyl (C=O) groups is 1. The smallest absolute Gasteiger partial charge is 0.319 e. The van der Waals surface area contributed by atoms with E-state index >= 15 is 0 Å². The van der Waals surface area contributed by atoms with E-state index in [2.05, 4.69) is 11.9 Å². The number of hydrogen-bond acceptors (Lipinski definition) is 2. The molecule has 0 radical (unpaired) electrons. The minimum atomic E-state index is 0.169. The van der Waals surface area contributed by atoms with Crippen molar-refractivity contribution in [3.8, 4) is 0 Å². The molecule has 4 heteroatoms. The third kappa shape index (κ3) is 2.87. The zero-order chi connectivity index (χ0) is 10.6. The number of rotatable bonds is 1. The van der Waals surface area contributed by atoms with Gasteiger partial charge >= 0.3 is 6.03 Å². The molecule has 4 nitrogen and oxygen atoms in total. The van der Waals surface area contributed by atoms with E-state index in [0.717, 1.165) is 39.1 Å². The van der Waals surface area contributed by atoms with Crippen LogP contribution >= 0.6 is 0 Å². The van der Waals surface area contributed by atoms with Crippen LogP contribution in [-0.2, 0) is 0 Å². The Kier molecular flexibility index (Phi) is 4.20. The highest BCUT2D eigenvalue weighted by atomic mass is 16.2. The minimum Gasteiger partial charge on any atom is -0.328 e. The van der Waals surface area contributed by atoms with Crippen molar-refractivity contribution in [1.82, 2.24) is 14.7 Å². The zero-order valence-corrected chi connectivity index (χ0v) is 9.49. The van der Waals surface area contributed by atoms with Crippen molar-refractivity contribution >= 4 is 6.03 Å². The third-order valence-corrected chi connectivity index (χ3v) is 2.79. The van der Waals surface area contributed by atoms with Crippen LogP contribution in [0, 0.1) is 0 Å². The third-order valence-electron chi connectivity index (χ3n) is 2.79. The molecular formula is C10H21N3O. The van der Waals surface area contributed by atoms with Gasteiger partial charge in [0, 0.05) is 33.2 Å². The Balaban J connectivity index is 2.47. The predicted molar refractivity (Wildman–Crippen MR) is 57.4 cm³/mol. The van der Waals surface area contributed by atoms with Gasteiger partial charge in [-0.25, -0.2) is 4.79 Å². The summed E-state index contributed by atoms with van der Waals surface area (Å²) in [6.07, 6.45) is 1.08. The van der Waals surface area contributed by atoms with Crippen LogP contribution in [0.15, 0.2) is 0 Å². The summed E-state index contributed by atoms with van der Waals surface area (Å²) in [4.78, 5) is 17.8. The van der Waals surface area contributed by atoms with E-state index in [-0.39, 0.29) is 6.03 Å². The summed E-state index contributed by atoms with van der Waals surface area (Å²) in [7, 11) is 3.97. The van der Waals surface area contributed by atoms with Gasteiger partial charge in [0.25, 0.3) is 0 Å². The molecule has 14 heavy (non-hydrogen) atoms. The van der Waals surface area contributed by atoms with Crippen LogP contribution in [0.2, 0.25) is 0 Å². The highest BCUT2D eigenvalue weighted by Crippen LogP contribution is 2.03. The lowest BCUT2D eigenvalue weighted by molar-refractivity contribution is 0.166. The highest BCUT2D eigenvalue weighted by molar-refractivity contribution is 5.74. The maximum atomic E-state index is 11.8. The SMILES string of the molecule is CCN(C)C(=O)N1CCCN(C)CC1. The van der Waals surface area contributed by atoms with Crippen LogP contribution in [0.25, 0.3) is 0 Å². The highest BCUT2D eigenvalue weighted by Gasteiger charge is 2.19. The fourth-order valence-corrected chi connectivity index (χ4v) is 1.61. The van der Waals surface area contributed by atoms with Gasteiger partial charge in [0.15, 0.2) is 0 Å². The molecule has 2 amide bonds. The molecule has 0 bridgehead atoms. The second kappa shape index (κ2) is 5.20. The Bertz CT molecular complexity index is 196. The molecule has 1 fully saturated rings. The number of likely N-dealkylation sites (N-methyl/N-ethyl adjacent to an activating group) is 1. The normalized spacial score (nSPS) is 19.2. The lowest BCUT2D eigenvalue weighted by atomic mass is 10.4. The Hall–Kier alpha value is -0.770. The van der Waals surface area contributed by atoms with Crippen molar-refractivity contribution in [2.45, 2.75) is 13.3 Å². The van der Waals surface area contributed by atoms with Gasteiger partial charge in [-0.15, -0.1) is 0 Å². The fourth-order valence-electron chi connectivity index (χ4n) is 1.61. The largest absolute Gasteiger partial charge is 0.328 e. The molecule has 1 saturated heterocycles. The Morgan fingerprint density at radius 3 is 2.64 bits per heavy atom. The van der Waals surface area contributed by atoms with Crippen molar-refractivity contribution in [1.29, 1.82) is 0 Å². The summed E-state index contributed by atoms with van der Waals surface area (Å²) in [5, 5.41) is 0. The van der Waals surface area contributed by atoms with Crippen LogP contribution in [0.5, 0.6) is 0 Å². The number of amides is 2. The predicted octanol–water partition coefficient (Wildman–Crippen LogP) is 0.696. The molecule has 0 aromatic heterocycles. The van der Waals surface area contributed by atoms with Crippen molar-refractivity contribution in [3.05, 3.63) is 0 Å². The van der Waals surface area contributed by atoms with Crippen molar-refractivity contribution in [2.75, 3.05) is 46.8 Å². The van der Waals surface area contributed by atoms with Crippen molar-refractivity contribution in [3.63, 3.8) is 0 Å². The molecule has 0 spiro atoms. The number of carbonyl (C=O) groups excluding carboxylic acids is 1. The lowest BCUT2D eigenvalue weighted by Gasteiger charge is -2.26. The molecule has 0 unspecified atom stereocenters. The maximum absolute atomic E-state index is 11.8. The molecular weight excluding hydrogens is 178 g/mol. The monoisotopic (exact) mass is 199 g/mol. The van der Waals surface area contributed by atoms with Crippen LogP contribution in [-0.4, -0.2) is 67.5 Å². The van der Waals surface area contributed by atoms with Crippen molar-refractivity contribution < 1.29 is 4.79 Å². The van der Waals surface area contributed by atoms with E-state index in [4.69, 9.17) is 0 Å². The summed E-state index contributed by atoms with van der Waals surface area (Å²) < 4.78 is 0. The first-order valence-corrected chi connectivity index (χ1v) is 5.33. The summed E-state index contributed by atoms with van der Waals surface area (Å²) in [5.74, 6) is 0. The van der Waals surface area contributed by atoms with Gasteiger partial charge in [0.1, 0.15) is 0 Å². The van der Waals surface area contributed by atoms with Crippen LogP contribution in [0.4, 0.5) is 4.79 Å². The van der Waals surface area contributed by atoms with E-state index in [9.17, 15) is 4.79 Å². The summed E-state index contributed by atoms with van der Waals surface area (Å²) in [5.41, 5.74) is 0. The van der Waals surface area contributed by atoms with Crippen LogP contribution < -0.4 is 0 Å². The zero-order valence-electron chi connectivity index (χ0n) is 9.49. The standard InChI is InChI=1S/C10H21N3O/c1-4-12(3)10(14)13-7-5-6-11(2)8-9-13/h4-9H2,1-3H3. The van der Waals surface area contributed by atoms with E-state index in [0.29, 0.717) is 0 Å². The van der Waals surface area contributed by atoms with E-state index in [1.54, 1.807) is 4.90 Å². The Labute approximate surface area is 86.5 Å². The average Bonchev–Trinajstić information content (AvgIpc) is 2.40. The molecule has 82 valence electrons. The number of nitrogens with zero attached hydrogens (tertiary/aromatic N) is 3. The second-order valence-electron chi connectivity index (χ2n) is 3.94. The molecule has 1 heterocycles. The minimum absolute atomic E-state index is 0.169. The molecule has 1 rings (SSSR count). The first-order chi connectivity index (χ1) is 6.65. The Morgan fingerprint density at radius 2 is 2.00 bits per heavy atom. The molecule has 0 atom stereocenters. The number of urea groups is 1. The first-order valence-electron chi connectivity index (χ1n) is 5.33. The maximum Gasteiger partial charge on any atom is 0.319 e. The summed E-state index contributed by atoms with van der Waals surface area (Å²) in [6.45, 7) is 6.63. The molecule has 0 aromatic rings. The van der Waals surface area contributed by atoms with Crippen LogP contribution in [0.3, 0.4) is 0 Å². The topological polar surface area (TPSA) is 26.8 Å².